The summed E-state index contributed by atoms with van der Waals surface area (Å²) in [6.07, 6.45) is 0.465. The number of fused-ring (bicyclic) bond motifs is 1. The minimum absolute atomic E-state index is 0.0192. The molecule has 4 rings (SSSR count). The molecule has 3 fully saturated rings. The summed E-state index contributed by atoms with van der Waals surface area (Å²) in [4.78, 5) is 14.7. The van der Waals surface area contributed by atoms with Crippen molar-refractivity contribution in [2.45, 2.75) is 29.8 Å². The van der Waals surface area contributed by atoms with Gasteiger partial charge in [-0.3, -0.25) is 4.79 Å². The van der Waals surface area contributed by atoms with Crippen LogP contribution in [0.5, 0.6) is 5.75 Å². The van der Waals surface area contributed by atoms with Gasteiger partial charge in [0.1, 0.15) is 16.6 Å². The zero-order valence-corrected chi connectivity index (χ0v) is 17.0. The second-order valence-corrected chi connectivity index (χ2v) is 9.82. The second-order valence-electron chi connectivity index (χ2n) is 7.70. The first kappa shape index (κ1) is 19.6. The van der Waals surface area contributed by atoms with Crippen LogP contribution in [0, 0.1) is 0 Å². The fourth-order valence-corrected chi connectivity index (χ4v) is 6.90. The minimum Gasteiger partial charge on any atom is -0.497 e. The van der Waals surface area contributed by atoms with E-state index < -0.39 is 20.9 Å². The average molecular weight is 410 g/mol. The number of hydrogen-bond acceptors (Lipinski definition) is 6. The number of amides is 1. The first-order valence-electron chi connectivity index (χ1n) is 9.44. The zero-order valence-electron chi connectivity index (χ0n) is 16.2. The van der Waals surface area contributed by atoms with Crippen molar-refractivity contribution in [1.29, 1.82) is 0 Å². The fourth-order valence-electron chi connectivity index (χ4n) is 4.60. The van der Waals surface area contributed by atoms with Crippen LogP contribution in [0.4, 0.5) is 0 Å². The molecule has 3 aliphatic heterocycles. The third-order valence-corrected chi connectivity index (χ3v) is 8.27. The van der Waals surface area contributed by atoms with Gasteiger partial charge in [0, 0.05) is 26.7 Å². The molecule has 9 heteroatoms. The molecule has 3 aliphatic rings. The molecule has 154 valence electrons. The van der Waals surface area contributed by atoms with Gasteiger partial charge in [-0.05, 0) is 24.1 Å². The maximum Gasteiger partial charge on any atom is 0.227 e. The molecule has 0 N–H and O–H groups in total. The predicted molar refractivity (Wildman–Crippen MR) is 102 cm³/mol. The molecule has 0 aromatic heterocycles. The number of carbonyl (C=O) groups is 1. The molecule has 0 radical (unpaired) electrons. The molecular weight excluding hydrogens is 384 g/mol. The summed E-state index contributed by atoms with van der Waals surface area (Å²) in [6.45, 7) is 1.67. The van der Waals surface area contributed by atoms with E-state index in [1.54, 1.807) is 19.1 Å². The molecule has 0 saturated carbocycles. The van der Waals surface area contributed by atoms with Crippen LogP contribution in [0.2, 0.25) is 0 Å². The Bertz CT molecular complexity index is 860. The number of sulfonamides is 1. The Balaban J connectivity index is 1.50. The van der Waals surface area contributed by atoms with E-state index in [1.807, 2.05) is 24.3 Å². The van der Waals surface area contributed by atoms with E-state index in [1.165, 1.54) is 4.31 Å². The fraction of sp³-hybridized carbons (Fsp3) is 0.632. The molecule has 0 unspecified atom stereocenters. The van der Waals surface area contributed by atoms with E-state index in [0.717, 1.165) is 5.56 Å². The van der Waals surface area contributed by atoms with E-state index in [4.69, 9.17) is 14.2 Å². The molecular formula is C19H26N2O6S. The molecule has 3 saturated heterocycles. The van der Waals surface area contributed by atoms with Gasteiger partial charge in [0.2, 0.25) is 15.9 Å². The Morgan fingerprint density at radius 3 is 2.89 bits per heavy atom. The van der Waals surface area contributed by atoms with Crippen molar-refractivity contribution in [3.8, 4) is 5.75 Å². The summed E-state index contributed by atoms with van der Waals surface area (Å²) >= 11 is 0. The smallest absolute Gasteiger partial charge is 0.227 e. The maximum absolute atomic E-state index is 12.9. The van der Waals surface area contributed by atoms with Crippen LogP contribution in [0.25, 0.3) is 0 Å². The highest BCUT2D eigenvalue weighted by molar-refractivity contribution is 7.90. The number of likely N-dealkylation sites (tertiary alicyclic amines) is 1. The van der Waals surface area contributed by atoms with Crippen molar-refractivity contribution < 1.29 is 27.4 Å². The quantitative estimate of drug-likeness (QED) is 0.669. The third-order valence-electron chi connectivity index (χ3n) is 5.90. The van der Waals surface area contributed by atoms with Gasteiger partial charge in [0.05, 0.1) is 32.8 Å². The molecule has 0 aliphatic carbocycles. The van der Waals surface area contributed by atoms with Gasteiger partial charge in [-0.2, -0.15) is 4.31 Å². The van der Waals surface area contributed by atoms with Gasteiger partial charge in [-0.15, -0.1) is 0 Å². The molecule has 2 bridgehead atoms. The Labute approximate surface area is 165 Å². The van der Waals surface area contributed by atoms with E-state index in [0.29, 0.717) is 38.4 Å². The zero-order chi connectivity index (χ0) is 19.9. The Morgan fingerprint density at radius 1 is 1.32 bits per heavy atom. The molecule has 1 aromatic rings. The number of rotatable bonds is 6. The van der Waals surface area contributed by atoms with Crippen molar-refractivity contribution in [2.24, 2.45) is 0 Å². The van der Waals surface area contributed by atoms with E-state index in [9.17, 15) is 13.2 Å². The number of ether oxygens (including phenoxy) is 3. The summed E-state index contributed by atoms with van der Waals surface area (Å²) in [5.74, 6) is 0.691. The lowest BCUT2D eigenvalue weighted by molar-refractivity contribution is -0.150. The van der Waals surface area contributed by atoms with E-state index in [-0.39, 0.29) is 25.0 Å². The van der Waals surface area contributed by atoms with E-state index in [2.05, 4.69) is 0 Å². The van der Waals surface area contributed by atoms with Gasteiger partial charge < -0.3 is 19.1 Å². The van der Waals surface area contributed by atoms with Gasteiger partial charge in [0.15, 0.2) is 0 Å². The van der Waals surface area contributed by atoms with Crippen LogP contribution >= 0.6 is 0 Å². The third kappa shape index (κ3) is 3.30. The van der Waals surface area contributed by atoms with Crippen LogP contribution in [0.3, 0.4) is 0 Å². The van der Waals surface area contributed by atoms with Crippen LogP contribution < -0.4 is 4.74 Å². The largest absolute Gasteiger partial charge is 0.497 e. The molecule has 3 atom stereocenters. The summed E-state index contributed by atoms with van der Waals surface area (Å²) in [5.41, 5.74) is 0.0394. The highest BCUT2D eigenvalue weighted by Gasteiger charge is 2.65. The highest BCUT2D eigenvalue weighted by Crippen LogP contribution is 2.46. The summed E-state index contributed by atoms with van der Waals surface area (Å²) < 4.78 is 43.7. The van der Waals surface area contributed by atoms with Crippen molar-refractivity contribution in [3.63, 3.8) is 0 Å². The SMILES string of the molecule is COCCN1C[C@]23CN(C(=O)Cc4cccc(OC)c4)C[C@H](C[C@H]2S1(=O)=O)O3. The van der Waals surface area contributed by atoms with Crippen molar-refractivity contribution >= 4 is 15.9 Å². The number of benzene rings is 1. The van der Waals surface area contributed by atoms with Gasteiger partial charge >= 0.3 is 0 Å². The molecule has 1 aromatic carbocycles. The first-order chi connectivity index (χ1) is 13.4. The molecule has 3 heterocycles. The standard InChI is InChI=1S/C19H26N2O6S/c1-25-7-6-21-13-19-12-20(11-16(27-19)10-17(19)28(21,23)24)18(22)9-14-4-3-5-15(8-14)26-2/h3-5,8,16-17H,6-7,9-13H2,1-2H3/t16-,17+,19+/m0/s1. The van der Waals surface area contributed by atoms with Crippen LogP contribution in [0.1, 0.15) is 12.0 Å². The van der Waals surface area contributed by atoms with Gasteiger partial charge in [-0.25, -0.2) is 8.42 Å². The van der Waals surface area contributed by atoms with Gasteiger partial charge in [0.25, 0.3) is 0 Å². The van der Waals surface area contributed by atoms with Crippen molar-refractivity contribution in [1.82, 2.24) is 9.21 Å². The monoisotopic (exact) mass is 410 g/mol. The molecule has 8 nitrogen and oxygen atoms in total. The Hall–Kier alpha value is -1.68. The van der Waals surface area contributed by atoms with Crippen LogP contribution in [-0.4, -0.2) is 87.5 Å². The summed E-state index contributed by atoms with van der Waals surface area (Å²) in [5, 5.41) is -0.587. The topological polar surface area (TPSA) is 85.4 Å². The number of carbonyl (C=O) groups excluding carboxylic acids is 1. The van der Waals surface area contributed by atoms with Crippen LogP contribution in [-0.2, 0) is 30.7 Å². The molecule has 1 amide bonds. The minimum atomic E-state index is -3.44. The first-order valence-corrected chi connectivity index (χ1v) is 10.9. The van der Waals surface area contributed by atoms with Crippen molar-refractivity contribution in [2.75, 3.05) is 47.0 Å². The number of nitrogens with zero attached hydrogens (tertiary/aromatic N) is 2. The summed E-state index contributed by atoms with van der Waals surface area (Å²) in [7, 11) is -0.301. The van der Waals surface area contributed by atoms with E-state index >= 15 is 0 Å². The lowest BCUT2D eigenvalue weighted by Crippen LogP contribution is -2.56. The number of morpholine rings is 1. The average Bonchev–Trinajstić information content (AvgIpc) is 3.05. The molecule has 1 spiro atoms. The van der Waals surface area contributed by atoms with Crippen molar-refractivity contribution in [3.05, 3.63) is 29.8 Å². The van der Waals surface area contributed by atoms with Gasteiger partial charge in [-0.1, -0.05) is 12.1 Å². The Morgan fingerprint density at radius 2 is 2.14 bits per heavy atom. The normalized spacial score (nSPS) is 31.0. The highest BCUT2D eigenvalue weighted by atomic mass is 32.2. The number of methoxy groups -OCH3 is 2. The maximum atomic E-state index is 12.9. The lowest BCUT2D eigenvalue weighted by Gasteiger charge is -2.39. The molecule has 28 heavy (non-hydrogen) atoms. The predicted octanol–water partition coefficient (Wildman–Crippen LogP) is 0.268. The lowest BCUT2D eigenvalue weighted by atomic mass is 9.99. The number of hydrogen-bond donors (Lipinski definition) is 0. The van der Waals surface area contributed by atoms with Crippen LogP contribution in [0.15, 0.2) is 24.3 Å². The summed E-state index contributed by atoms with van der Waals surface area (Å²) in [6, 6.07) is 7.44. The Kier molecular flexibility index (Phi) is 5.11. The second kappa shape index (κ2) is 7.29.